The fraction of sp³-hybridized carbons (Fsp3) is 0.182. The van der Waals surface area contributed by atoms with Crippen LogP contribution in [0.3, 0.4) is 0 Å². The highest BCUT2D eigenvalue weighted by Gasteiger charge is 1.92. The molecular weight excluding hydrogens is 146 g/mol. The summed E-state index contributed by atoms with van der Waals surface area (Å²) >= 11 is 0. The molecule has 0 bridgehead atoms. The number of nitrogens with zero attached hydrogens (tertiary/aromatic N) is 1. The zero-order valence-corrected chi connectivity index (χ0v) is 7.12. The van der Waals surface area contributed by atoms with Crippen LogP contribution in [0.5, 0.6) is 0 Å². The third-order valence-electron chi connectivity index (χ3n) is 2.05. The summed E-state index contributed by atoms with van der Waals surface area (Å²) in [5.74, 6) is 0. The van der Waals surface area contributed by atoms with E-state index in [-0.39, 0.29) is 0 Å². The van der Waals surface area contributed by atoms with Gasteiger partial charge in [-0.3, -0.25) is 4.98 Å². The Hall–Kier alpha value is -1.37. The molecule has 0 radical (unpaired) electrons. The van der Waals surface area contributed by atoms with Gasteiger partial charge in [-0.1, -0.05) is 24.3 Å². The normalized spacial score (nSPS) is 14.9. The molecule has 0 unspecified atom stereocenters. The van der Waals surface area contributed by atoms with E-state index in [1.165, 1.54) is 10.8 Å². The van der Waals surface area contributed by atoms with E-state index >= 15 is 0 Å². The highest BCUT2D eigenvalue weighted by atomic mass is 14.6. The largest absolute Gasteiger partial charge is 0.256 e. The Bertz CT molecular complexity index is 427. The summed E-state index contributed by atoms with van der Waals surface area (Å²) in [7, 11) is 0. The smallest absolute Gasteiger partial charge is 0.0727 e. The number of rotatable bonds is 0. The standard InChI is InChI=1S/C11H11N/c1-9-5-2-3-6-10-7-4-8-12-11(9)10/h2,4-8H,3H2,1H3. The van der Waals surface area contributed by atoms with Crippen molar-refractivity contribution in [2.24, 2.45) is 0 Å². The van der Waals surface area contributed by atoms with Crippen molar-refractivity contribution in [3.63, 3.8) is 0 Å². The number of allylic oxidation sites excluding steroid dienone is 2. The first-order chi connectivity index (χ1) is 5.88. The first-order valence-electron chi connectivity index (χ1n) is 4.16. The van der Waals surface area contributed by atoms with Crippen LogP contribution in [0.4, 0.5) is 0 Å². The Kier molecular flexibility index (Phi) is 1.78. The summed E-state index contributed by atoms with van der Waals surface area (Å²) in [6.07, 6.45) is 9.35. The number of hydrogen-bond acceptors (Lipinski definition) is 1. The molecule has 1 heterocycles. The van der Waals surface area contributed by atoms with E-state index in [0.29, 0.717) is 0 Å². The second-order valence-corrected chi connectivity index (χ2v) is 2.97. The maximum Gasteiger partial charge on any atom is 0.0727 e. The SMILES string of the molecule is CC1=c2ncccc2=CCC=C1. The monoisotopic (exact) mass is 157 g/mol. The molecule has 60 valence electrons. The molecule has 1 nitrogen and oxygen atoms in total. The highest BCUT2D eigenvalue weighted by molar-refractivity contribution is 5.55. The molecule has 0 fully saturated rings. The Morgan fingerprint density at radius 1 is 1.42 bits per heavy atom. The Morgan fingerprint density at radius 3 is 3.25 bits per heavy atom. The number of aromatic nitrogens is 1. The van der Waals surface area contributed by atoms with E-state index in [9.17, 15) is 0 Å². The zero-order chi connectivity index (χ0) is 8.39. The van der Waals surface area contributed by atoms with Crippen LogP contribution in [0, 0.1) is 0 Å². The van der Waals surface area contributed by atoms with Gasteiger partial charge in [0.25, 0.3) is 0 Å². The van der Waals surface area contributed by atoms with Crippen LogP contribution in [0.15, 0.2) is 30.5 Å². The summed E-state index contributed by atoms with van der Waals surface area (Å²) in [5.41, 5.74) is 1.25. The van der Waals surface area contributed by atoms with E-state index < -0.39 is 0 Å². The molecule has 0 N–H and O–H groups in total. The number of pyridine rings is 1. The number of hydrogen-bond donors (Lipinski definition) is 0. The minimum absolute atomic E-state index is 1.01. The molecule has 0 saturated carbocycles. The minimum atomic E-state index is 1.01. The van der Waals surface area contributed by atoms with Crippen molar-refractivity contribution in [3.05, 3.63) is 41.0 Å². The lowest BCUT2D eigenvalue weighted by atomic mass is 10.2. The fourth-order valence-corrected chi connectivity index (χ4v) is 1.43. The van der Waals surface area contributed by atoms with Crippen molar-refractivity contribution in [1.29, 1.82) is 0 Å². The quantitative estimate of drug-likeness (QED) is 0.547. The van der Waals surface area contributed by atoms with Crippen LogP contribution in [0.1, 0.15) is 13.3 Å². The predicted octanol–water partition coefficient (Wildman–Crippen LogP) is 0.993. The van der Waals surface area contributed by atoms with Gasteiger partial charge in [0.2, 0.25) is 0 Å². The molecule has 1 aliphatic carbocycles. The Balaban J connectivity index is 2.89. The molecule has 0 spiro atoms. The first-order valence-corrected chi connectivity index (χ1v) is 4.16. The van der Waals surface area contributed by atoms with Crippen LogP contribution in [0.2, 0.25) is 0 Å². The molecule has 1 heteroatoms. The maximum atomic E-state index is 4.34. The molecule has 0 saturated heterocycles. The second kappa shape index (κ2) is 2.94. The van der Waals surface area contributed by atoms with Gasteiger partial charge >= 0.3 is 0 Å². The van der Waals surface area contributed by atoms with E-state index in [1.807, 2.05) is 12.3 Å². The van der Waals surface area contributed by atoms with Gasteiger partial charge in [0.15, 0.2) is 0 Å². The van der Waals surface area contributed by atoms with Crippen molar-refractivity contribution < 1.29 is 0 Å². The molecule has 1 aromatic heterocycles. The van der Waals surface area contributed by atoms with E-state index in [1.54, 1.807) is 0 Å². The van der Waals surface area contributed by atoms with Gasteiger partial charge in [0, 0.05) is 6.20 Å². The van der Waals surface area contributed by atoms with Crippen LogP contribution >= 0.6 is 0 Å². The van der Waals surface area contributed by atoms with Crippen molar-refractivity contribution >= 4 is 11.6 Å². The summed E-state index contributed by atoms with van der Waals surface area (Å²) in [6.45, 7) is 2.10. The molecule has 1 aliphatic rings. The topological polar surface area (TPSA) is 12.9 Å². The molecule has 0 aromatic carbocycles. The van der Waals surface area contributed by atoms with E-state index in [4.69, 9.17) is 0 Å². The average Bonchev–Trinajstić information content (AvgIpc) is 2.29. The highest BCUT2D eigenvalue weighted by Crippen LogP contribution is 1.96. The maximum absolute atomic E-state index is 4.34. The third kappa shape index (κ3) is 1.18. The number of fused-ring (bicyclic) bond motifs is 1. The molecule has 12 heavy (non-hydrogen) atoms. The van der Waals surface area contributed by atoms with Gasteiger partial charge < -0.3 is 0 Å². The summed E-state index contributed by atoms with van der Waals surface area (Å²) < 4.78 is 0. The Labute approximate surface area is 71.8 Å². The van der Waals surface area contributed by atoms with Gasteiger partial charge in [-0.25, -0.2) is 0 Å². The van der Waals surface area contributed by atoms with Gasteiger partial charge in [-0.2, -0.15) is 0 Å². The lowest BCUT2D eigenvalue weighted by molar-refractivity contribution is 1.20. The average molecular weight is 157 g/mol. The van der Waals surface area contributed by atoms with Gasteiger partial charge in [0.05, 0.1) is 5.35 Å². The van der Waals surface area contributed by atoms with Gasteiger partial charge in [0.1, 0.15) is 0 Å². The molecule has 0 amide bonds. The van der Waals surface area contributed by atoms with Crippen molar-refractivity contribution in [2.75, 3.05) is 0 Å². The summed E-state index contributed by atoms with van der Waals surface area (Å²) in [5, 5.41) is 2.37. The van der Waals surface area contributed by atoms with E-state index in [2.05, 4.69) is 36.2 Å². The summed E-state index contributed by atoms with van der Waals surface area (Å²) in [4.78, 5) is 4.34. The van der Waals surface area contributed by atoms with Crippen molar-refractivity contribution in [2.45, 2.75) is 13.3 Å². The summed E-state index contributed by atoms with van der Waals surface area (Å²) in [6, 6.07) is 4.09. The fourth-order valence-electron chi connectivity index (χ4n) is 1.43. The van der Waals surface area contributed by atoms with Crippen molar-refractivity contribution in [3.8, 4) is 0 Å². The van der Waals surface area contributed by atoms with Crippen LogP contribution < -0.4 is 10.6 Å². The lowest BCUT2D eigenvalue weighted by Crippen LogP contribution is -2.28. The van der Waals surface area contributed by atoms with Crippen molar-refractivity contribution in [1.82, 2.24) is 4.98 Å². The molecule has 2 rings (SSSR count). The zero-order valence-electron chi connectivity index (χ0n) is 7.12. The van der Waals surface area contributed by atoms with Crippen LogP contribution in [-0.2, 0) is 0 Å². The van der Waals surface area contributed by atoms with Crippen LogP contribution in [-0.4, -0.2) is 4.98 Å². The molecule has 1 aromatic rings. The van der Waals surface area contributed by atoms with Gasteiger partial charge in [-0.05, 0) is 30.2 Å². The van der Waals surface area contributed by atoms with E-state index in [0.717, 1.165) is 11.8 Å². The predicted molar refractivity (Wildman–Crippen MR) is 50.8 cm³/mol. The molecular formula is C11H11N. The lowest BCUT2D eigenvalue weighted by Gasteiger charge is -1.90. The first kappa shape index (κ1) is 7.29. The van der Waals surface area contributed by atoms with Crippen LogP contribution in [0.25, 0.3) is 11.6 Å². The second-order valence-electron chi connectivity index (χ2n) is 2.97. The minimum Gasteiger partial charge on any atom is -0.256 e. The molecule has 0 aliphatic heterocycles. The van der Waals surface area contributed by atoms with Gasteiger partial charge in [-0.15, -0.1) is 0 Å². The molecule has 0 atom stereocenters. The third-order valence-corrected chi connectivity index (χ3v) is 2.05. The Morgan fingerprint density at radius 2 is 2.33 bits per heavy atom.